The van der Waals surface area contributed by atoms with E-state index in [1.165, 1.54) is 25.0 Å². The minimum absolute atomic E-state index is 0.0108. The van der Waals surface area contributed by atoms with Crippen molar-refractivity contribution in [2.75, 3.05) is 13.1 Å². The first-order chi connectivity index (χ1) is 13.4. The molecule has 1 saturated heterocycles. The molecule has 5 aliphatic rings. The SMILES string of the molecule is CC1CC2CC(=NO[C@@H]3CCNC3)CC[C@]2(C)[C@H]2CC[C@]3(C)C(=O)CC[C@H]3[C@H]12. The highest BCUT2D eigenvalue weighted by molar-refractivity contribution is 5.87. The van der Waals surface area contributed by atoms with Crippen LogP contribution in [0.15, 0.2) is 5.16 Å². The molecule has 4 heteroatoms. The van der Waals surface area contributed by atoms with E-state index in [9.17, 15) is 4.79 Å². The van der Waals surface area contributed by atoms with Crippen LogP contribution in [-0.2, 0) is 9.63 Å². The molecule has 156 valence electrons. The number of ketones is 1. The van der Waals surface area contributed by atoms with Gasteiger partial charge in [0.1, 0.15) is 11.9 Å². The summed E-state index contributed by atoms with van der Waals surface area (Å²) < 4.78 is 0. The van der Waals surface area contributed by atoms with Gasteiger partial charge in [-0.1, -0.05) is 25.9 Å². The minimum Gasteiger partial charge on any atom is -0.391 e. The van der Waals surface area contributed by atoms with Crippen molar-refractivity contribution in [2.45, 2.75) is 84.7 Å². The van der Waals surface area contributed by atoms with Gasteiger partial charge in [-0.25, -0.2) is 0 Å². The van der Waals surface area contributed by atoms with Crippen LogP contribution in [0.25, 0.3) is 0 Å². The normalized spacial score (nSPS) is 52.2. The first-order valence-corrected chi connectivity index (χ1v) is 11.9. The van der Waals surface area contributed by atoms with Crippen molar-refractivity contribution >= 4 is 11.5 Å². The summed E-state index contributed by atoms with van der Waals surface area (Å²) in [7, 11) is 0. The van der Waals surface area contributed by atoms with Gasteiger partial charge in [0.25, 0.3) is 0 Å². The Hall–Kier alpha value is -0.900. The van der Waals surface area contributed by atoms with Gasteiger partial charge in [0, 0.05) is 24.8 Å². The number of oxime groups is 1. The summed E-state index contributed by atoms with van der Waals surface area (Å²) in [5.41, 5.74) is 1.72. The Kier molecular flexibility index (Phi) is 4.65. The summed E-state index contributed by atoms with van der Waals surface area (Å²) in [5.74, 6) is 4.23. The van der Waals surface area contributed by atoms with Crippen molar-refractivity contribution in [3.05, 3.63) is 0 Å². The molecule has 0 bridgehead atoms. The van der Waals surface area contributed by atoms with Gasteiger partial charge in [0.05, 0.1) is 5.71 Å². The second-order valence-corrected chi connectivity index (χ2v) is 11.2. The molecular weight excluding hydrogens is 348 g/mol. The molecule has 5 rings (SSSR count). The molecule has 1 N–H and O–H groups in total. The van der Waals surface area contributed by atoms with Crippen LogP contribution < -0.4 is 5.32 Å². The maximum Gasteiger partial charge on any atom is 0.141 e. The number of fused-ring (bicyclic) bond motifs is 5. The van der Waals surface area contributed by atoms with Crippen LogP contribution in [0.2, 0.25) is 0 Å². The van der Waals surface area contributed by atoms with Gasteiger partial charge in [-0.15, -0.1) is 0 Å². The largest absolute Gasteiger partial charge is 0.391 e. The number of nitrogens with one attached hydrogen (secondary N) is 1. The highest BCUT2D eigenvalue weighted by Gasteiger charge is 2.61. The predicted octanol–water partition coefficient (Wildman–Crippen LogP) is 4.58. The maximum absolute atomic E-state index is 12.7. The Balaban J connectivity index is 1.34. The molecule has 0 aromatic heterocycles. The molecule has 8 atom stereocenters. The molecule has 0 aromatic carbocycles. The molecule has 4 saturated carbocycles. The molecule has 0 radical (unpaired) electrons. The molecular formula is C24H38N2O2. The van der Waals surface area contributed by atoms with E-state index in [1.807, 2.05) is 0 Å². The van der Waals surface area contributed by atoms with Gasteiger partial charge < -0.3 is 10.2 Å². The molecule has 0 aromatic rings. The van der Waals surface area contributed by atoms with Gasteiger partial charge >= 0.3 is 0 Å². The van der Waals surface area contributed by atoms with E-state index in [0.29, 0.717) is 17.1 Å². The molecule has 5 fully saturated rings. The van der Waals surface area contributed by atoms with Crippen LogP contribution in [0.5, 0.6) is 0 Å². The second kappa shape index (κ2) is 6.82. The monoisotopic (exact) mass is 386 g/mol. The average Bonchev–Trinajstić information content (AvgIpc) is 3.29. The molecule has 1 heterocycles. The standard InChI is InChI=1S/C24H38N2O2/c1-15-12-16-13-17(26-28-18-8-11-25-14-18)6-9-23(16,2)20-7-10-24(3)19(22(15)20)4-5-21(24)27/h15-16,18-20,22,25H,4-14H2,1-3H3/t15?,16?,18-,19+,20+,22+,23+,24+/m1/s1. The quantitative estimate of drug-likeness (QED) is 0.707. The first-order valence-electron chi connectivity index (χ1n) is 11.9. The summed E-state index contributed by atoms with van der Waals surface area (Å²) in [6.07, 6.45) is 10.5. The number of rotatable bonds is 2. The number of nitrogens with zero attached hydrogens (tertiary/aromatic N) is 1. The van der Waals surface area contributed by atoms with Crippen molar-refractivity contribution in [3.8, 4) is 0 Å². The lowest BCUT2D eigenvalue weighted by atomic mass is 9.43. The summed E-state index contributed by atoms with van der Waals surface area (Å²) in [5, 5.41) is 7.98. The Bertz CT molecular complexity index is 670. The highest BCUT2D eigenvalue weighted by atomic mass is 16.6. The summed E-state index contributed by atoms with van der Waals surface area (Å²) in [4.78, 5) is 18.5. The third-order valence-electron chi connectivity index (χ3n) is 9.91. The van der Waals surface area contributed by atoms with E-state index in [2.05, 4.69) is 31.2 Å². The van der Waals surface area contributed by atoms with Crippen LogP contribution in [0.3, 0.4) is 0 Å². The van der Waals surface area contributed by atoms with E-state index < -0.39 is 0 Å². The van der Waals surface area contributed by atoms with E-state index >= 15 is 0 Å². The van der Waals surface area contributed by atoms with Crippen molar-refractivity contribution < 1.29 is 9.63 Å². The summed E-state index contributed by atoms with van der Waals surface area (Å²) in [6, 6.07) is 0. The van der Waals surface area contributed by atoms with Crippen LogP contribution in [0, 0.1) is 40.4 Å². The Labute approximate surface area is 170 Å². The van der Waals surface area contributed by atoms with Crippen LogP contribution in [-0.4, -0.2) is 30.7 Å². The second-order valence-electron chi connectivity index (χ2n) is 11.2. The Morgan fingerprint density at radius 1 is 1.11 bits per heavy atom. The fourth-order valence-electron chi connectivity index (χ4n) is 8.16. The fraction of sp³-hybridized carbons (Fsp3) is 0.917. The smallest absolute Gasteiger partial charge is 0.141 e. The van der Waals surface area contributed by atoms with Crippen molar-refractivity contribution in [1.29, 1.82) is 0 Å². The fourth-order valence-corrected chi connectivity index (χ4v) is 8.16. The first kappa shape index (κ1) is 19.1. The van der Waals surface area contributed by atoms with Gasteiger partial charge in [0.2, 0.25) is 0 Å². The summed E-state index contributed by atoms with van der Waals surface area (Å²) in [6.45, 7) is 9.36. The molecule has 0 amide bonds. The van der Waals surface area contributed by atoms with Gasteiger partial charge in [-0.05, 0) is 86.5 Å². The summed E-state index contributed by atoms with van der Waals surface area (Å²) >= 11 is 0. The topological polar surface area (TPSA) is 50.7 Å². The lowest BCUT2D eigenvalue weighted by Crippen LogP contribution is -2.56. The van der Waals surface area contributed by atoms with E-state index in [-0.39, 0.29) is 11.5 Å². The molecule has 4 aliphatic carbocycles. The van der Waals surface area contributed by atoms with E-state index in [0.717, 1.165) is 75.3 Å². The van der Waals surface area contributed by atoms with Gasteiger partial charge in [-0.3, -0.25) is 4.79 Å². The number of hydrogen-bond acceptors (Lipinski definition) is 4. The van der Waals surface area contributed by atoms with Crippen molar-refractivity contribution in [2.24, 2.45) is 45.6 Å². The number of carbonyl (C=O) groups excluding carboxylic acids is 1. The number of carbonyl (C=O) groups is 1. The molecule has 0 spiro atoms. The highest BCUT2D eigenvalue weighted by Crippen LogP contribution is 2.66. The van der Waals surface area contributed by atoms with Crippen LogP contribution in [0.1, 0.15) is 78.6 Å². The third-order valence-corrected chi connectivity index (χ3v) is 9.91. The van der Waals surface area contributed by atoms with Crippen molar-refractivity contribution in [3.63, 3.8) is 0 Å². The number of hydrogen-bond donors (Lipinski definition) is 1. The van der Waals surface area contributed by atoms with Gasteiger partial charge in [0.15, 0.2) is 0 Å². The third kappa shape index (κ3) is 2.80. The lowest BCUT2D eigenvalue weighted by molar-refractivity contribution is -0.143. The van der Waals surface area contributed by atoms with Crippen LogP contribution in [0.4, 0.5) is 0 Å². The van der Waals surface area contributed by atoms with Gasteiger partial charge in [-0.2, -0.15) is 0 Å². The Morgan fingerprint density at radius 2 is 1.96 bits per heavy atom. The van der Waals surface area contributed by atoms with E-state index in [4.69, 9.17) is 4.84 Å². The predicted molar refractivity (Wildman–Crippen MR) is 111 cm³/mol. The molecule has 2 unspecified atom stereocenters. The molecule has 1 aliphatic heterocycles. The Morgan fingerprint density at radius 3 is 2.75 bits per heavy atom. The minimum atomic E-state index is -0.0108. The zero-order valence-electron chi connectivity index (χ0n) is 18.0. The van der Waals surface area contributed by atoms with Crippen molar-refractivity contribution in [1.82, 2.24) is 5.32 Å². The number of Topliss-reactive ketones (excluding diaryl/α,β-unsaturated/α-hetero) is 1. The van der Waals surface area contributed by atoms with E-state index in [1.54, 1.807) is 0 Å². The average molecular weight is 387 g/mol. The zero-order valence-corrected chi connectivity index (χ0v) is 18.0. The molecule has 28 heavy (non-hydrogen) atoms. The lowest BCUT2D eigenvalue weighted by Gasteiger charge is -2.61. The molecule has 4 nitrogen and oxygen atoms in total. The van der Waals surface area contributed by atoms with Crippen LogP contribution >= 0.6 is 0 Å². The maximum atomic E-state index is 12.7. The zero-order chi connectivity index (χ0) is 19.5.